The summed E-state index contributed by atoms with van der Waals surface area (Å²) >= 11 is 0. The molecule has 0 atom stereocenters. The van der Waals surface area contributed by atoms with Gasteiger partial charge in [-0.1, -0.05) is 12.1 Å². The molecular weight excluding hydrogens is 256 g/mol. The van der Waals surface area contributed by atoms with E-state index in [2.05, 4.69) is 4.98 Å². The van der Waals surface area contributed by atoms with E-state index in [1.807, 2.05) is 38.1 Å². The maximum Gasteiger partial charge on any atom is 0.259 e. The monoisotopic (exact) mass is 272 g/mol. The van der Waals surface area contributed by atoms with E-state index in [-0.39, 0.29) is 5.56 Å². The molecule has 5 heteroatoms. The topological polar surface area (TPSA) is 55.7 Å². The van der Waals surface area contributed by atoms with Gasteiger partial charge in [0.1, 0.15) is 12.3 Å². The summed E-state index contributed by atoms with van der Waals surface area (Å²) in [5.41, 5.74) is 5.13. The SMILES string of the molecule is COOCc1c(C)c(C)c(=O)n2c1[nH]c1ccccc12. The third-order valence-corrected chi connectivity index (χ3v) is 3.77. The van der Waals surface area contributed by atoms with Gasteiger partial charge >= 0.3 is 0 Å². The first-order chi connectivity index (χ1) is 9.65. The second kappa shape index (κ2) is 4.77. The highest BCUT2D eigenvalue weighted by Crippen LogP contribution is 2.22. The van der Waals surface area contributed by atoms with Crippen LogP contribution in [0, 0.1) is 13.8 Å². The third-order valence-electron chi connectivity index (χ3n) is 3.77. The highest BCUT2D eigenvalue weighted by Gasteiger charge is 2.16. The number of nitrogens with one attached hydrogen (secondary N) is 1. The Kier molecular flexibility index (Phi) is 3.08. The molecular formula is C15H16N2O3. The van der Waals surface area contributed by atoms with Gasteiger partial charge in [-0.25, -0.2) is 9.78 Å². The molecule has 0 aliphatic carbocycles. The van der Waals surface area contributed by atoms with Gasteiger partial charge in [-0.3, -0.25) is 9.20 Å². The summed E-state index contributed by atoms with van der Waals surface area (Å²) in [6, 6.07) is 7.74. The van der Waals surface area contributed by atoms with Crippen LogP contribution >= 0.6 is 0 Å². The van der Waals surface area contributed by atoms with Crippen molar-refractivity contribution < 1.29 is 9.78 Å². The number of pyridine rings is 1. The zero-order chi connectivity index (χ0) is 14.3. The molecule has 0 bridgehead atoms. The lowest BCUT2D eigenvalue weighted by Gasteiger charge is -2.10. The molecule has 0 saturated carbocycles. The first-order valence-corrected chi connectivity index (χ1v) is 6.42. The molecule has 0 unspecified atom stereocenters. The molecule has 0 fully saturated rings. The second-order valence-electron chi connectivity index (χ2n) is 4.79. The van der Waals surface area contributed by atoms with Gasteiger partial charge in [0.25, 0.3) is 5.56 Å². The van der Waals surface area contributed by atoms with E-state index >= 15 is 0 Å². The lowest BCUT2D eigenvalue weighted by molar-refractivity contribution is -0.282. The molecule has 3 aromatic rings. The van der Waals surface area contributed by atoms with Crippen LogP contribution in [0.1, 0.15) is 16.7 Å². The first-order valence-electron chi connectivity index (χ1n) is 6.42. The van der Waals surface area contributed by atoms with E-state index in [0.29, 0.717) is 6.61 Å². The second-order valence-corrected chi connectivity index (χ2v) is 4.79. The van der Waals surface area contributed by atoms with Crippen molar-refractivity contribution in [2.75, 3.05) is 7.11 Å². The number of aromatic amines is 1. The van der Waals surface area contributed by atoms with Gasteiger partial charge < -0.3 is 4.98 Å². The van der Waals surface area contributed by atoms with Crippen molar-refractivity contribution in [3.63, 3.8) is 0 Å². The number of para-hydroxylation sites is 2. The Hall–Kier alpha value is -2.11. The van der Waals surface area contributed by atoms with Crippen molar-refractivity contribution >= 4 is 16.7 Å². The quantitative estimate of drug-likeness (QED) is 0.588. The van der Waals surface area contributed by atoms with Crippen LogP contribution in [0.5, 0.6) is 0 Å². The zero-order valence-electron chi connectivity index (χ0n) is 11.7. The van der Waals surface area contributed by atoms with Gasteiger partial charge in [-0.05, 0) is 31.5 Å². The molecule has 2 aromatic heterocycles. The van der Waals surface area contributed by atoms with Crippen molar-refractivity contribution in [1.29, 1.82) is 0 Å². The maximum atomic E-state index is 12.5. The molecule has 0 aliphatic heterocycles. The van der Waals surface area contributed by atoms with E-state index in [0.717, 1.165) is 33.4 Å². The molecule has 104 valence electrons. The van der Waals surface area contributed by atoms with Crippen molar-refractivity contribution in [2.45, 2.75) is 20.5 Å². The molecule has 3 rings (SSSR count). The Morgan fingerprint density at radius 1 is 1.20 bits per heavy atom. The average Bonchev–Trinajstić information content (AvgIpc) is 2.84. The van der Waals surface area contributed by atoms with E-state index in [1.165, 1.54) is 7.11 Å². The minimum atomic E-state index is -0.00360. The van der Waals surface area contributed by atoms with E-state index in [4.69, 9.17) is 9.78 Å². The Bertz CT molecular complexity index is 846. The van der Waals surface area contributed by atoms with Gasteiger partial charge in [-0.15, -0.1) is 0 Å². The van der Waals surface area contributed by atoms with Crippen molar-refractivity contribution in [3.8, 4) is 0 Å². The highest BCUT2D eigenvalue weighted by atomic mass is 17.2. The maximum absolute atomic E-state index is 12.5. The summed E-state index contributed by atoms with van der Waals surface area (Å²) in [6.45, 7) is 4.05. The lowest BCUT2D eigenvalue weighted by atomic mass is 10.1. The molecule has 1 N–H and O–H groups in total. The normalized spacial score (nSPS) is 11.6. The van der Waals surface area contributed by atoms with Gasteiger partial charge in [0.05, 0.1) is 18.1 Å². The molecule has 20 heavy (non-hydrogen) atoms. The van der Waals surface area contributed by atoms with Gasteiger partial charge in [0.2, 0.25) is 0 Å². The summed E-state index contributed by atoms with van der Waals surface area (Å²) < 4.78 is 1.70. The number of imidazole rings is 1. The molecule has 0 aliphatic rings. The predicted molar refractivity (Wildman–Crippen MR) is 76.8 cm³/mol. The van der Waals surface area contributed by atoms with Crippen molar-refractivity contribution in [1.82, 2.24) is 9.38 Å². The lowest BCUT2D eigenvalue weighted by Crippen LogP contribution is -2.19. The molecule has 0 spiro atoms. The van der Waals surface area contributed by atoms with Crippen molar-refractivity contribution in [3.05, 3.63) is 51.3 Å². The molecule has 2 heterocycles. The van der Waals surface area contributed by atoms with Crippen LogP contribution in [0.4, 0.5) is 0 Å². The number of benzene rings is 1. The number of H-pyrrole nitrogens is 1. The minimum absolute atomic E-state index is 0.00360. The number of hydrogen-bond donors (Lipinski definition) is 1. The van der Waals surface area contributed by atoms with Crippen LogP contribution in [0.2, 0.25) is 0 Å². The standard InChI is InChI=1S/C15H16N2O3/c1-9-10(2)15(18)17-13-7-5-4-6-12(13)16-14(17)11(9)8-20-19-3/h4-7,16H,8H2,1-3H3. The third kappa shape index (κ3) is 1.75. The van der Waals surface area contributed by atoms with E-state index in [1.54, 1.807) is 4.40 Å². The Balaban J connectivity index is 2.46. The zero-order valence-corrected chi connectivity index (χ0v) is 11.7. The molecule has 1 aromatic carbocycles. The van der Waals surface area contributed by atoms with Crippen LogP contribution in [0.25, 0.3) is 16.7 Å². The molecule has 0 radical (unpaired) electrons. The smallest absolute Gasteiger partial charge is 0.259 e. The largest absolute Gasteiger partial charge is 0.339 e. The Morgan fingerprint density at radius 3 is 2.70 bits per heavy atom. The van der Waals surface area contributed by atoms with Crippen LogP contribution < -0.4 is 5.56 Å². The highest BCUT2D eigenvalue weighted by molar-refractivity contribution is 5.81. The van der Waals surface area contributed by atoms with Crippen molar-refractivity contribution in [2.24, 2.45) is 0 Å². The number of aromatic nitrogens is 2. The number of hydrogen-bond acceptors (Lipinski definition) is 3. The van der Waals surface area contributed by atoms with Crippen LogP contribution in [0.3, 0.4) is 0 Å². The van der Waals surface area contributed by atoms with Crippen LogP contribution in [-0.2, 0) is 16.4 Å². The van der Waals surface area contributed by atoms with Crippen LogP contribution in [0.15, 0.2) is 29.1 Å². The number of nitrogens with zero attached hydrogens (tertiary/aromatic N) is 1. The average molecular weight is 272 g/mol. The number of rotatable bonds is 3. The summed E-state index contributed by atoms with van der Waals surface area (Å²) in [4.78, 5) is 25.6. The fourth-order valence-electron chi connectivity index (χ4n) is 2.53. The van der Waals surface area contributed by atoms with Gasteiger partial charge in [0.15, 0.2) is 0 Å². The summed E-state index contributed by atoms with van der Waals surface area (Å²) in [6.07, 6.45) is 0. The summed E-state index contributed by atoms with van der Waals surface area (Å²) in [7, 11) is 1.47. The first kappa shape index (κ1) is 12.9. The summed E-state index contributed by atoms with van der Waals surface area (Å²) in [5, 5.41) is 0. The fourth-order valence-corrected chi connectivity index (χ4v) is 2.53. The molecule has 0 saturated heterocycles. The van der Waals surface area contributed by atoms with E-state index < -0.39 is 0 Å². The number of fused-ring (bicyclic) bond motifs is 3. The van der Waals surface area contributed by atoms with Crippen LogP contribution in [-0.4, -0.2) is 16.5 Å². The van der Waals surface area contributed by atoms with Gasteiger partial charge in [-0.2, -0.15) is 0 Å². The minimum Gasteiger partial charge on any atom is -0.339 e. The molecule has 5 nitrogen and oxygen atoms in total. The summed E-state index contributed by atoms with van der Waals surface area (Å²) in [5.74, 6) is 0. The molecule has 0 amide bonds. The van der Waals surface area contributed by atoms with E-state index in [9.17, 15) is 4.79 Å². The fraction of sp³-hybridized carbons (Fsp3) is 0.267. The van der Waals surface area contributed by atoms with Gasteiger partial charge in [0, 0.05) is 11.1 Å². The predicted octanol–water partition coefficient (Wildman–Crippen LogP) is 2.48. The Morgan fingerprint density at radius 2 is 1.95 bits per heavy atom. The Labute approximate surface area is 115 Å².